The largest absolute Gasteiger partial charge is 0.396 e. The third-order valence-corrected chi connectivity index (χ3v) is 13.7. The third kappa shape index (κ3) is 2.98. The highest BCUT2D eigenvalue weighted by Gasteiger charge is 2.82. The van der Waals surface area contributed by atoms with Crippen molar-refractivity contribution in [1.29, 1.82) is 0 Å². The first-order valence-corrected chi connectivity index (χ1v) is 14.4. The van der Waals surface area contributed by atoms with Gasteiger partial charge in [0.25, 0.3) is 0 Å². The van der Waals surface area contributed by atoms with E-state index in [2.05, 4.69) is 48.1 Å². The monoisotopic (exact) mass is 456 g/mol. The van der Waals surface area contributed by atoms with Crippen LogP contribution in [0.1, 0.15) is 112 Å². The maximum atomic E-state index is 10.9. The van der Waals surface area contributed by atoms with Crippen LogP contribution in [-0.4, -0.2) is 22.9 Å². The lowest BCUT2D eigenvalue weighted by Gasteiger charge is -2.63. The second-order valence-corrected chi connectivity index (χ2v) is 14.8. The van der Waals surface area contributed by atoms with Gasteiger partial charge in [-0.3, -0.25) is 0 Å². The molecule has 2 spiro atoms. The molecule has 5 fully saturated rings. The molecule has 0 aromatic carbocycles. The van der Waals surface area contributed by atoms with Gasteiger partial charge in [-0.05, 0) is 127 Å². The van der Waals surface area contributed by atoms with Gasteiger partial charge < -0.3 is 10.2 Å². The molecule has 2 nitrogen and oxygen atoms in total. The highest BCUT2D eigenvalue weighted by Crippen LogP contribution is 2.89. The lowest BCUT2D eigenvalue weighted by atomic mass is 9.41. The summed E-state index contributed by atoms with van der Waals surface area (Å²) in [6.45, 7) is 19.3. The summed E-state index contributed by atoms with van der Waals surface area (Å²) in [4.78, 5) is 0. The molecule has 5 saturated carbocycles. The molecule has 5 aliphatic rings. The van der Waals surface area contributed by atoms with Crippen LogP contribution in [0.25, 0.3) is 0 Å². The molecule has 0 amide bonds. The summed E-state index contributed by atoms with van der Waals surface area (Å²) in [5.41, 5.74) is 3.41. The van der Waals surface area contributed by atoms with E-state index < -0.39 is 0 Å². The molecule has 0 bridgehead atoms. The molecular weight excluding hydrogens is 404 g/mol. The Labute approximate surface area is 204 Å². The first kappa shape index (κ1) is 24.4. The number of hydrogen-bond acceptors (Lipinski definition) is 2. The minimum absolute atomic E-state index is 0.0925. The maximum Gasteiger partial charge on any atom is 0.0594 e. The van der Waals surface area contributed by atoms with E-state index in [1.807, 2.05) is 0 Å². The van der Waals surface area contributed by atoms with Gasteiger partial charge in [0, 0.05) is 6.61 Å². The number of aliphatic hydroxyl groups excluding tert-OH is 2. The minimum Gasteiger partial charge on any atom is -0.396 e. The summed E-state index contributed by atoms with van der Waals surface area (Å²) >= 11 is 0. The zero-order valence-electron chi connectivity index (χ0n) is 22.6. The molecule has 2 heteroatoms. The van der Waals surface area contributed by atoms with Gasteiger partial charge in [-0.2, -0.15) is 0 Å². The predicted octanol–water partition coefficient (Wildman–Crippen LogP) is 7.39. The molecular formula is C31H52O2. The Morgan fingerprint density at radius 3 is 2.24 bits per heavy atom. The fraction of sp³-hybridized carbons (Fsp3) is 0.935. The molecule has 0 unspecified atom stereocenters. The van der Waals surface area contributed by atoms with E-state index in [0.29, 0.717) is 21.7 Å². The van der Waals surface area contributed by atoms with Gasteiger partial charge in [-0.1, -0.05) is 53.7 Å². The van der Waals surface area contributed by atoms with E-state index in [0.717, 1.165) is 36.5 Å². The molecule has 0 radical (unpaired) electrons. The molecule has 0 aliphatic heterocycles. The zero-order valence-corrected chi connectivity index (χ0v) is 22.6. The smallest absolute Gasteiger partial charge is 0.0594 e. The van der Waals surface area contributed by atoms with Crippen molar-refractivity contribution in [1.82, 2.24) is 0 Å². The SMILES string of the molecule is C=C(CC[C@H](C)[C@H]1CC[C@@]2(C)[C@H]3CC[C@@H]4C(C)(C)[C@@H](O)CC[C@@]45C[C@@]35CC[C@]12C)[C@H](C)CO. The van der Waals surface area contributed by atoms with Crippen molar-refractivity contribution in [3.05, 3.63) is 12.2 Å². The summed E-state index contributed by atoms with van der Waals surface area (Å²) in [6.07, 6.45) is 14.4. The van der Waals surface area contributed by atoms with Crippen LogP contribution in [0.15, 0.2) is 12.2 Å². The van der Waals surface area contributed by atoms with Crippen molar-refractivity contribution in [2.45, 2.75) is 118 Å². The Balaban J connectivity index is 1.36. The van der Waals surface area contributed by atoms with E-state index >= 15 is 0 Å². The predicted molar refractivity (Wildman–Crippen MR) is 137 cm³/mol. The summed E-state index contributed by atoms with van der Waals surface area (Å²) in [6, 6.07) is 0. The Kier molecular flexibility index (Phi) is 5.60. The average molecular weight is 457 g/mol. The fourth-order valence-electron chi connectivity index (χ4n) is 11.3. The van der Waals surface area contributed by atoms with Crippen molar-refractivity contribution >= 4 is 0 Å². The normalized spacial score (nSPS) is 51.5. The lowest BCUT2D eigenvalue weighted by Crippen LogP contribution is -2.57. The van der Waals surface area contributed by atoms with Crippen LogP contribution >= 0.6 is 0 Å². The summed E-state index contributed by atoms with van der Waals surface area (Å²) in [5, 5.41) is 20.4. The Morgan fingerprint density at radius 2 is 1.55 bits per heavy atom. The van der Waals surface area contributed by atoms with Gasteiger partial charge >= 0.3 is 0 Å². The first-order valence-electron chi connectivity index (χ1n) is 14.4. The summed E-state index contributed by atoms with van der Waals surface area (Å²) in [7, 11) is 0. The van der Waals surface area contributed by atoms with Crippen molar-refractivity contribution in [3.63, 3.8) is 0 Å². The molecule has 0 heterocycles. The van der Waals surface area contributed by atoms with E-state index in [-0.39, 0.29) is 24.0 Å². The average Bonchev–Trinajstić information content (AvgIpc) is 3.36. The van der Waals surface area contributed by atoms with E-state index in [1.54, 1.807) is 0 Å². The van der Waals surface area contributed by atoms with Gasteiger partial charge in [0.15, 0.2) is 0 Å². The second kappa shape index (κ2) is 7.58. The minimum atomic E-state index is -0.105. The molecule has 0 aromatic rings. The van der Waals surface area contributed by atoms with E-state index in [1.165, 1.54) is 63.4 Å². The summed E-state index contributed by atoms with van der Waals surface area (Å²) in [5.74, 6) is 3.42. The number of fused-ring (bicyclic) bond motifs is 2. The second-order valence-electron chi connectivity index (χ2n) is 14.8. The van der Waals surface area contributed by atoms with Crippen LogP contribution in [0.5, 0.6) is 0 Å². The van der Waals surface area contributed by atoms with Gasteiger partial charge in [0.1, 0.15) is 0 Å². The number of rotatable bonds is 6. The molecule has 188 valence electrons. The van der Waals surface area contributed by atoms with E-state index in [4.69, 9.17) is 0 Å². The fourth-order valence-corrected chi connectivity index (χ4v) is 11.3. The van der Waals surface area contributed by atoms with Crippen molar-refractivity contribution in [3.8, 4) is 0 Å². The van der Waals surface area contributed by atoms with Crippen molar-refractivity contribution in [2.75, 3.05) is 6.61 Å². The van der Waals surface area contributed by atoms with Crippen LogP contribution < -0.4 is 0 Å². The molecule has 2 N–H and O–H groups in total. The lowest BCUT2D eigenvalue weighted by molar-refractivity contribution is -0.161. The Hall–Kier alpha value is -0.340. The standard InChI is InChI=1S/C31H52O2/c1-20(22(3)18-32)8-9-21(2)23-12-14-29(7)25-11-10-24-27(4,5)26(33)13-15-30(24)19-31(25,30)17-16-28(23,29)6/h21-26,32-33H,1,8-19H2,2-7H3/t21-,22+,23+,24+,25+,26-,28+,29-,30+,31-/m0/s1. The number of hydrogen-bond donors (Lipinski definition) is 2. The molecule has 33 heavy (non-hydrogen) atoms. The van der Waals surface area contributed by atoms with Gasteiger partial charge in [-0.25, -0.2) is 0 Å². The van der Waals surface area contributed by atoms with E-state index in [9.17, 15) is 10.2 Å². The van der Waals surface area contributed by atoms with Crippen molar-refractivity contribution < 1.29 is 10.2 Å². The van der Waals surface area contributed by atoms with Gasteiger partial charge in [0.05, 0.1) is 6.10 Å². The highest BCUT2D eigenvalue weighted by atomic mass is 16.3. The van der Waals surface area contributed by atoms with Crippen LogP contribution in [-0.2, 0) is 0 Å². The third-order valence-electron chi connectivity index (χ3n) is 13.7. The maximum absolute atomic E-state index is 10.9. The Morgan fingerprint density at radius 1 is 0.879 bits per heavy atom. The van der Waals surface area contributed by atoms with Crippen LogP contribution in [0.4, 0.5) is 0 Å². The molecule has 0 saturated heterocycles. The topological polar surface area (TPSA) is 40.5 Å². The first-order chi connectivity index (χ1) is 15.4. The molecule has 0 aromatic heterocycles. The molecule has 5 aliphatic carbocycles. The highest BCUT2D eigenvalue weighted by molar-refractivity contribution is 5.30. The molecule has 10 atom stereocenters. The van der Waals surface area contributed by atoms with Crippen LogP contribution in [0.3, 0.4) is 0 Å². The van der Waals surface area contributed by atoms with Gasteiger partial charge in [0.2, 0.25) is 0 Å². The van der Waals surface area contributed by atoms with Crippen LogP contribution in [0, 0.1) is 56.7 Å². The quantitative estimate of drug-likeness (QED) is 0.409. The van der Waals surface area contributed by atoms with Gasteiger partial charge in [-0.15, -0.1) is 0 Å². The van der Waals surface area contributed by atoms with Crippen LogP contribution in [0.2, 0.25) is 0 Å². The summed E-state index contributed by atoms with van der Waals surface area (Å²) < 4.78 is 0. The number of aliphatic hydroxyl groups is 2. The van der Waals surface area contributed by atoms with Crippen molar-refractivity contribution in [2.24, 2.45) is 56.7 Å². The Bertz CT molecular complexity index is 801. The molecule has 5 rings (SSSR count). The zero-order chi connectivity index (χ0) is 24.0.